The monoisotopic (exact) mass is 214 g/mol. The molecule has 3 heteroatoms. The number of hydrazine groups is 1. The van der Waals surface area contributed by atoms with Crippen LogP contribution in [0.3, 0.4) is 0 Å². The van der Waals surface area contributed by atoms with Gasteiger partial charge in [-0.2, -0.15) is 0 Å². The molecular formula is C4H11IN2. The Morgan fingerprint density at radius 2 is 2.14 bits per heavy atom. The standard InChI is InChI=1S/C4H11IN2/c5-3-1-2-4-7-6/h7H,1-4,6H2. The number of hydrogen-bond donors (Lipinski definition) is 2. The maximum absolute atomic E-state index is 5.02. The molecule has 0 spiro atoms. The molecule has 0 unspecified atom stereocenters. The van der Waals surface area contributed by atoms with Gasteiger partial charge in [0.25, 0.3) is 0 Å². The number of halogens is 1. The third-order valence-corrected chi connectivity index (χ3v) is 1.47. The maximum atomic E-state index is 5.02. The Balaban J connectivity index is 2.45. The lowest BCUT2D eigenvalue weighted by Crippen LogP contribution is -2.22. The molecule has 0 radical (unpaired) electrons. The molecule has 0 bridgehead atoms. The van der Waals surface area contributed by atoms with Gasteiger partial charge in [-0.15, -0.1) is 0 Å². The summed E-state index contributed by atoms with van der Waals surface area (Å²) in [5, 5.41) is 0. The van der Waals surface area contributed by atoms with E-state index < -0.39 is 0 Å². The molecule has 0 saturated heterocycles. The summed E-state index contributed by atoms with van der Waals surface area (Å²) in [5.41, 5.74) is 2.60. The van der Waals surface area contributed by atoms with Crippen molar-refractivity contribution >= 4 is 22.6 Å². The molecule has 44 valence electrons. The first-order valence-electron chi connectivity index (χ1n) is 2.41. The molecule has 0 atom stereocenters. The molecular weight excluding hydrogens is 203 g/mol. The molecule has 0 aliphatic rings. The Morgan fingerprint density at radius 3 is 2.57 bits per heavy atom. The van der Waals surface area contributed by atoms with E-state index in [1.54, 1.807) is 0 Å². The Hall–Kier alpha value is 0.650. The first kappa shape index (κ1) is 7.65. The van der Waals surface area contributed by atoms with Crippen LogP contribution in [0.15, 0.2) is 0 Å². The summed E-state index contributed by atoms with van der Waals surface area (Å²) in [6, 6.07) is 0. The minimum Gasteiger partial charge on any atom is -0.271 e. The fourth-order valence-electron chi connectivity index (χ4n) is 0.322. The fraction of sp³-hybridized carbons (Fsp3) is 1.00. The first-order valence-corrected chi connectivity index (χ1v) is 3.94. The van der Waals surface area contributed by atoms with Crippen LogP contribution in [-0.2, 0) is 0 Å². The average molecular weight is 214 g/mol. The van der Waals surface area contributed by atoms with Crippen LogP contribution in [0, 0.1) is 0 Å². The zero-order valence-electron chi connectivity index (χ0n) is 4.28. The van der Waals surface area contributed by atoms with Gasteiger partial charge in [0.2, 0.25) is 0 Å². The number of nitrogens with one attached hydrogen (secondary N) is 1. The summed E-state index contributed by atoms with van der Waals surface area (Å²) >= 11 is 2.36. The molecule has 0 amide bonds. The van der Waals surface area contributed by atoms with E-state index in [-0.39, 0.29) is 0 Å². The van der Waals surface area contributed by atoms with Gasteiger partial charge in [-0.1, -0.05) is 22.6 Å². The molecule has 2 nitrogen and oxygen atoms in total. The lowest BCUT2D eigenvalue weighted by molar-refractivity contribution is 0.675. The van der Waals surface area contributed by atoms with Crippen molar-refractivity contribution in [2.45, 2.75) is 12.8 Å². The Labute approximate surface area is 58.0 Å². The molecule has 0 aliphatic heterocycles. The summed E-state index contributed by atoms with van der Waals surface area (Å²) < 4.78 is 1.24. The highest BCUT2D eigenvalue weighted by molar-refractivity contribution is 14.1. The Kier molecular flexibility index (Phi) is 7.27. The van der Waals surface area contributed by atoms with Gasteiger partial charge in [-0.05, 0) is 17.3 Å². The predicted octanol–water partition coefficient (Wildman–Crippen LogP) is 0.665. The first-order chi connectivity index (χ1) is 3.41. The van der Waals surface area contributed by atoms with Crippen molar-refractivity contribution in [1.29, 1.82) is 0 Å². The van der Waals surface area contributed by atoms with Crippen LogP contribution in [0.25, 0.3) is 0 Å². The maximum Gasteiger partial charge on any atom is 0.00976 e. The number of alkyl halides is 1. The second kappa shape index (κ2) is 6.65. The topological polar surface area (TPSA) is 38.0 Å². The van der Waals surface area contributed by atoms with Crippen LogP contribution < -0.4 is 11.3 Å². The summed E-state index contributed by atoms with van der Waals surface area (Å²) in [6.45, 7) is 0.947. The highest BCUT2D eigenvalue weighted by Crippen LogP contribution is 1.90. The zero-order valence-corrected chi connectivity index (χ0v) is 6.44. The Morgan fingerprint density at radius 1 is 1.43 bits per heavy atom. The summed E-state index contributed by atoms with van der Waals surface area (Å²) in [6.07, 6.45) is 2.46. The summed E-state index contributed by atoms with van der Waals surface area (Å²) in [5.74, 6) is 5.02. The van der Waals surface area contributed by atoms with E-state index in [9.17, 15) is 0 Å². The molecule has 0 heterocycles. The van der Waals surface area contributed by atoms with Gasteiger partial charge >= 0.3 is 0 Å². The average Bonchev–Trinajstić information content (AvgIpc) is 1.69. The van der Waals surface area contributed by atoms with E-state index in [2.05, 4.69) is 28.0 Å². The van der Waals surface area contributed by atoms with Gasteiger partial charge in [0.05, 0.1) is 0 Å². The van der Waals surface area contributed by atoms with Crippen molar-refractivity contribution in [1.82, 2.24) is 5.43 Å². The lowest BCUT2D eigenvalue weighted by atomic mass is 10.3. The highest BCUT2D eigenvalue weighted by atomic mass is 127. The van der Waals surface area contributed by atoms with Crippen LogP contribution in [0.5, 0.6) is 0 Å². The van der Waals surface area contributed by atoms with E-state index in [1.807, 2.05) is 0 Å². The van der Waals surface area contributed by atoms with E-state index in [0.29, 0.717) is 0 Å². The van der Waals surface area contributed by atoms with Gasteiger partial charge < -0.3 is 0 Å². The molecule has 0 aromatic carbocycles. The van der Waals surface area contributed by atoms with E-state index in [1.165, 1.54) is 17.3 Å². The van der Waals surface area contributed by atoms with Crippen LogP contribution in [0.4, 0.5) is 0 Å². The lowest BCUT2D eigenvalue weighted by Gasteiger charge is -1.92. The van der Waals surface area contributed by atoms with Crippen LogP contribution in [0.1, 0.15) is 12.8 Å². The minimum atomic E-state index is 0.947. The van der Waals surface area contributed by atoms with Gasteiger partial charge in [-0.3, -0.25) is 11.3 Å². The Bertz CT molecular complexity index is 28.9. The fourth-order valence-corrected chi connectivity index (χ4v) is 0.861. The minimum absolute atomic E-state index is 0.947. The van der Waals surface area contributed by atoms with Crippen LogP contribution in [-0.4, -0.2) is 11.0 Å². The zero-order chi connectivity index (χ0) is 5.54. The van der Waals surface area contributed by atoms with Gasteiger partial charge in [0, 0.05) is 6.54 Å². The molecule has 0 rings (SSSR count). The summed E-state index contributed by atoms with van der Waals surface area (Å²) in [7, 11) is 0. The third-order valence-electron chi connectivity index (χ3n) is 0.705. The molecule has 0 aromatic rings. The van der Waals surface area contributed by atoms with Crippen molar-refractivity contribution in [3.63, 3.8) is 0 Å². The van der Waals surface area contributed by atoms with E-state index >= 15 is 0 Å². The molecule has 0 aromatic heterocycles. The van der Waals surface area contributed by atoms with Crippen molar-refractivity contribution < 1.29 is 0 Å². The predicted molar refractivity (Wildman–Crippen MR) is 40.3 cm³/mol. The highest BCUT2D eigenvalue weighted by Gasteiger charge is 1.80. The van der Waals surface area contributed by atoms with Crippen LogP contribution in [0.2, 0.25) is 0 Å². The largest absolute Gasteiger partial charge is 0.271 e. The number of nitrogens with two attached hydrogens (primary N) is 1. The molecule has 0 fully saturated rings. The molecule has 0 aliphatic carbocycles. The quantitative estimate of drug-likeness (QED) is 0.237. The second-order valence-corrected chi connectivity index (χ2v) is 2.43. The van der Waals surface area contributed by atoms with Crippen molar-refractivity contribution in [3.05, 3.63) is 0 Å². The van der Waals surface area contributed by atoms with Gasteiger partial charge in [0.15, 0.2) is 0 Å². The molecule has 3 N–H and O–H groups in total. The van der Waals surface area contributed by atoms with Gasteiger partial charge in [-0.25, -0.2) is 0 Å². The van der Waals surface area contributed by atoms with Crippen molar-refractivity contribution in [3.8, 4) is 0 Å². The third kappa shape index (κ3) is 6.65. The molecule has 0 saturated carbocycles. The van der Waals surface area contributed by atoms with Crippen molar-refractivity contribution in [2.24, 2.45) is 5.84 Å². The normalized spacial score (nSPS) is 9.43. The number of rotatable bonds is 4. The number of hydrogen-bond acceptors (Lipinski definition) is 2. The van der Waals surface area contributed by atoms with Crippen molar-refractivity contribution in [2.75, 3.05) is 11.0 Å². The SMILES string of the molecule is NNCCCCI. The summed E-state index contributed by atoms with van der Waals surface area (Å²) in [4.78, 5) is 0. The van der Waals surface area contributed by atoms with E-state index in [0.717, 1.165) is 6.54 Å². The number of unbranched alkanes of at least 4 members (excludes halogenated alkanes) is 1. The smallest absolute Gasteiger partial charge is 0.00976 e. The van der Waals surface area contributed by atoms with E-state index in [4.69, 9.17) is 5.84 Å². The van der Waals surface area contributed by atoms with Crippen LogP contribution >= 0.6 is 22.6 Å². The molecule has 7 heavy (non-hydrogen) atoms. The second-order valence-electron chi connectivity index (χ2n) is 1.35. The van der Waals surface area contributed by atoms with Gasteiger partial charge in [0.1, 0.15) is 0 Å².